The normalized spacial score (nSPS) is 8.47. The van der Waals surface area contributed by atoms with Crippen LogP contribution in [0.3, 0.4) is 0 Å². The topological polar surface area (TPSA) is 29.5 Å². The summed E-state index contributed by atoms with van der Waals surface area (Å²) in [5, 5.41) is 7.33. The minimum absolute atomic E-state index is 0.724. The highest BCUT2D eigenvalue weighted by Gasteiger charge is 1.98. The molecule has 0 radical (unpaired) electrons. The highest BCUT2D eigenvalue weighted by atomic mass is 16.5. The Hall–Kier alpha value is -1.70. The van der Waals surface area contributed by atoms with Crippen molar-refractivity contribution in [3.8, 4) is 0 Å². The number of aliphatic hydroxyl groups excluding tert-OH is 1. The monoisotopic (exact) mass is 206 g/mol. The molecule has 0 bridgehead atoms. The van der Waals surface area contributed by atoms with Crippen LogP contribution >= 0.6 is 0 Å². The molecule has 0 aliphatic carbocycles. The lowest BCUT2D eigenvalue weighted by Crippen LogP contribution is -1.87. The van der Waals surface area contributed by atoms with E-state index in [1.54, 1.807) is 7.11 Å². The minimum atomic E-state index is 0.724. The second-order valence-electron chi connectivity index (χ2n) is 3.19. The van der Waals surface area contributed by atoms with Crippen LogP contribution in [0.25, 0.3) is 5.76 Å². The Bertz CT molecular complexity index is 320. The Balaban J connectivity index is 0.000000583. The van der Waals surface area contributed by atoms with Gasteiger partial charge in [0.2, 0.25) is 0 Å². The third kappa shape index (κ3) is 4.91. The van der Waals surface area contributed by atoms with Crippen molar-refractivity contribution in [3.63, 3.8) is 0 Å². The Morgan fingerprint density at radius 3 is 2.00 bits per heavy atom. The van der Waals surface area contributed by atoms with E-state index in [1.807, 2.05) is 0 Å². The fourth-order valence-corrected chi connectivity index (χ4v) is 1.25. The van der Waals surface area contributed by atoms with Gasteiger partial charge in [0, 0.05) is 5.56 Å². The van der Waals surface area contributed by atoms with Crippen molar-refractivity contribution in [2.24, 2.45) is 0 Å². The van der Waals surface area contributed by atoms with Crippen molar-refractivity contribution < 1.29 is 9.84 Å². The molecular weight excluding hydrogens is 188 g/mol. The van der Waals surface area contributed by atoms with Crippen LogP contribution in [0.15, 0.2) is 37.6 Å². The average Bonchev–Trinajstić information content (AvgIpc) is 2.16. The van der Waals surface area contributed by atoms with Gasteiger partial charge in [0.05, 0.1) is 13.4 Å². The molecule has 82 valence electrons. The largest absolute Gasteiger partial charge is 0.516 e. The lowest BCUT2D eigenvalue weighted by atomic mass is 10.1. The molecule has 2 nitrogen and oxygen atoms in total. The summed E-state index contributed by atoms with van der Waals surface area (Å²) in [6.45, 7) is 10.9. The van der Waals surface area contributed by atoms with E-state index in [-0.39, 0.29) is 0 Å². The fraction of sp³-hybridized carbons (Fsp3) is 0.231. The Morgan fingerprint density at radius 1 is 1.27 bits per heavy atom. The zero-order valence-corrected chi connectivity index (χ0v) is 9.58. The molecule has 0 aliphatic heterocycles. The molecule has 0 saturated heterocycles. The molecule has 0 aliphatic rings. The van der Waals surface area contributed by atoms with Gasteiger partial charge in [-0.05, 0) is 26.0 Å². The lowest BCUT2D eigenvalue weighted by molar-refractivity contribution is 0.371. The minimum Gasteiger partial charge on any atom is -0.516 e. The number of aryl methyl sites for hydroxylation is 2. The van der Waals surface area contributed by atoms with Crippen LogP contribution in [0.1, 0.15) is 16.7 Å². The predicted octanol–water partition coefficient (Wildman–Crippen LogP) is 3.61. The van der Waals surface area contributed by atoms with Gasteiger partial charge >= 0.3 is 0 Å². The number of methoxy groups -OCH3 is 1. The summed E-state index contributed by atoms with van der Waals surface area (Å²) in [5.74, 6) is 0.724. The first-order valence-electron chi connectivity index (χ1n) is 4.61. The molecule has 0 unspecified atom stereocenters. The van der Waals surface area contributed by atoms with Crippen molar-refractivity contribution in [2.45, 2.75) is 13.8 Å². The summed E-state index contributed by atoms with van der Waals surface area (Å²) in [7, 11) is 1.64. The molecule has 15 heavy (non-hydrogen) atoms. The number of ether oxygens (including phenoxy) is 1. The van der Waals surface area contributed by atoms with E-state index in [2.05, 4.69) is 45.2 Å². The third-order valence-electron chi connectivity index (χ3n) is 1.79. The Kier molecular flexibility index (Phi) is 5.95. The number of benzene rings is 1. The van der Waals surface area contributed by atoms with Gasteiger partial charge in [-0.2, -0.15) is 0 Å². The summed E-state index contributed by atoms with van der Waals surface area (Å²) >= 11 is 0. The molecule has 1 aromatic carbocycles. The predicted molar refractivity (Wildman–Crippen MR) is 64.8 cm³/mol. The molecule has 1 rings (SSSR count). The highest BCUT2D eigenvalue weighted by molar-refractivity contribution is 5.58. The first-order valence-corrected chi connectivity index (χ1v) is 4.61. The summed E-state index contributed by atoms with van der Waals surface area (Å²) < 4.78 is 5.05. The van der Waals surface area contributed by atoms with Gasteiger partial charge < -0.3 is 9.84 Å². The SMILES string of the molecule is C=C(OC)c1cc(C)cc(C)c1.C=CO. The van der Waals surface area contributed by atoms with Gasteiger partial charge in [0.25, 0.3) is 0 Å². The van der Waals surface area contributed by atoms with Crippen LogP contribution < -0.4 is 0 Å². The van der Waals surface area contributed by atoms with Crippen molar-refractivity contribution in [1.82, 2.24) is 0 Å². The van der Waals surface area contributed by atoms with Crippen molar-refractivity contribution in [3.05, 3.63) is 54.3 Å². The van der Waals surface area contributed by atoms with Crippen LogP contribution in [-0.4, -0.2) is 12.2 Å². The molecule has 2 heteroatoms. The first-order chi connectivity index (χ1) is 7.04. The van der Waals surface area contributed by atoms with Crippen LogP contribution in [-0.2, 0) is 4.74 Å². The molecule has 0 spiro atoms. The number of hydrogen-bond acceptors (Lipinski definition) is 2. The highest BCUT2D eigenvalue weighted by Crippen LogP contribution is 2.16. The lowest BCUT2D eigenvalue weighted by Gasteiger charge is -2.06. The average molecular weight is 206 g/mol. The number of hydrogen-bond donors (Lipinski definition) is 1. The second-order valence-corrected chi connectivity index (χ2v) is 3.19. The zero-order valence-electron chi connectivity index (χ0n) is 9.58. The molecule has 1 N–H and O–H groups in total. The van der Waals surface area contributed by atoms with Crippen molar-refractivity contribution in [2.75, 3.05) is 7.11 Å². The van der Waals surface area contributed by atoms with E-state index in [4.69, 9.17) is 9.84 Å². The molecule has 0 amide bonds. The van der Waals surface area contributed by atoms with Gasteiger partial charge in [-0.25, -0.2) is 0 Å². The van der Waals surface area contributed by atoms with Gasteiger partial charge in [-0.1, -0.05) is 30.4 Å². The Morgan fingerprint density at radius 2 is 1.67 bits per heavy atom. The third-order valence-corrected chi connectivity index (χ3v) is 1.79. The number of rotatable bonds is 2. The quantitative estimate of drug-likeness (QED) is 0.749. The maximum atomic E-state index is 7.33. The Labute approximate surface area is 91.5 Å². The zero-order chi connectivity index (χ0) is 11.8. The molecule has 0 aromatic heterocycles. The van der Waals surface area contributed by atoms with Gasteiger partial charge in [-0.3, -0.25) is 0 Å². The summed E-state index contributed by atoms with van der Waals surface area (Å²) in [6, 6.07) is 6.27. The van der Waals surface area contributed by atoms with E-state index < -0.39 is 0 Å². The van der Waals surface area contributed by atoms with Crippen molar-refractivity contribution in [1.29, 1.82) is 0 Å². The van der Waals surface area contributed by atoms with E-state index in [0.717, 1.165) is 17.6 Å². The molecule has 0 atom stereocenters. The molecule has 0 heterocycles. The summed E-state index contributed by atoms with van der Waals surface area (Å²) in [4.78, 5) is 0. The van der Waals surface area contributed by atoms with Crippen LogP contribution in [0.2, 0.25) is 0 Å². The smallest absolute Gasteiger partial charge is 0.118 e. The molecule has 1 aromatic rings. The van der Waals surface area contributed by atoms with Gasteiger partial charge in [0.15, 0.2) is 0 Å². The summed E-state index contributed by atoms with van der Waals surface area (Å²) in [6.07, 6.45) is 0.750. The van der Waals surface area contributed by atoms with Gasteiger partial charge in [-0.15, -0.1) is 0 Å². The molecule has 0 fully saturated rings. The fourth-order valence-electron chi connectivity index (χ4n) is 1.25. The molecular formula is C13H18O2. The van der Waals surface area contributed by atoms with E-state index in [1.165, 1.54) is 11.1 Å². The van der Waals surface area contributed by atoms with Crippen LogP contribution in [0.4, 0.5) is 0 Å². The maximum Gasteiger partial charge on any atom is 0.118 e. The van der Waals surface area contributed by atoms with E-state index in [0.29, 0.717) is 0 Å². The van der Waals surface area contributed by atoms with Gasteiger partial charge in [0.1, 0.15) is 5.76 Å². The number of aliphatic hydroxyl groups is 1. The maximum absolute atomic E-state index is 7.33. The van der Waals surface area contributed by atoms with Crippen LogP contribution in [0.5, 0.6) is 0 Å². The molecule has 0 saturated carbocycles. The standard InChI is InChI=1S/C11H14O.C2H4O/c1-8-5-9(2)7-11(6-8)10(3)12-4;1-2-3/h5-7H,3H2,1-2,4H3;2-3H,1H2. The first kappa shape index (κ1) is 13.3. The summed E-state index contributed by atoms with van der Waals surface area (Å²) in [5.41, 5.74) is 3.54. The van der Waals surface area contributed by atoms with E-state index in [9.17, 15) is 0 Å². The van der Waals surface area contributed by atoms with Crippen LogP contribution in [0, 0.1) is 13.8 Å². The van der Waals surface area contributed by atoms with Crippen molar-refractivity contribution >= 4 is 5.76 Å². The van der Waals surface area contributed by atoms with E-state index >= 15 is 0 Å². The second kappa shape index (κ2) is 6.71.